The molecule has 140 valence electrons. The Morgan fingerprint density at radius 3 is 2.44 bits per heavy atom. The third kappa shape index (κ3) is 7.04. The highest BCUT2D eigenvalue weighted by molar-refractivity contribution is 5.85. The van der Waals surface area contributed by atoms with Gasteiger partial charge in [0.2, 0.25) is 11.8 Å². The number of piperidine rings is 1. The van der Waals surface area contributed by atoms with Crippen LogP contribution in [0.5, 0.6) is 0 Å². The van der Waals surface area contributed by atoms with E-state index in [1.54, 1.807) is 0 Å². The predicted octanol–water partition coefficient (Wildman–Crippen LogP) is 2.00. The van der Waals surface area contributed by atoms with Gasteiger partial charge in [0.15, 0.2) is 0 Å². The molecule has 0 aliphatic carbocycles. The number of carbonyl (C=O) groups excluding carboxylic acids is 2. The summed E-state index contributed by atoms with van der Waals surface area (Å²) in [5.41, 5.74) is 1.19. The second kappa shape index (κ2) is 11.1. The number of carbonyl (C=O) groups is 2. The number of rotatable bonds is 7. The summed E-state index contributed by atoms with van der Waals surface area (Å²) in [7, 11) is 1.89. The smallest absolute Gasteiger partial charge is 0.223 e. The van der Waals surface area contributed by atoms with Gasteiger partial charge in [-0.05, 0) is 38.8 Å². The van der Waals surface area contributed by atoms with Crippen molar-refractivity contribution in [3.8, 4) is 0 Å². The summed E-state index contributed by atoms with van der Waals surface area (Å²) in [6.45, 7) is 4.06. The van der Waals surface area contributed by atoms with Gasteiger partial charge in [-0.15, -0.1) is 12.4 Å². The fraction of sp³-hybridized carbons (Fsp3) is 0.579. The van der Waals surface area contributed by atoms with Crippen LogP contribution in [0.4, 0.5) is 0 Å². The van der Waals surface area contributed by atoms with Crippen LogP contribution < -0.4 is 10.6 Å². The summed E-state index contributed by atoms with van der Waals surface area (Å²) in [5.74, 6) is 0.349. The molecule has 0 radical (unpaired) electrons. The largest absolute Gasteiger partial charge is 0.354 e. The van der Waals surface area contributed by atoms with E-state index in [0.29, 0.717) is 26.1 Å². The molecule has 1 atom stereocenters. The summed E-state index contributed by atoms with van der Waals surface area (Å²) in [6.07, 6.45) is 2.84. The van der Waals surface area contributed by atoms with E-state index in [9.17, 15) is 9.59 Å². The highest BCUT2D eigenvalue weighted by atomic mass is 35.5. The number of likely N-dealkylation sites (N-methyl/N-ethyl adjacent to an activating group) is 1. The molecule has 25 heavy (non-hydrogen) atoms. The number of aryl methyl sites for hydroxylation is 1. The molecule has 0 aromatic heterocycles. The molecule has 0 spiro atoms. The molecule has 2 rings (SSSR count). The number of halogens is 1. The van der Waals surface area contributed by atoms with Crippen LogP contribution >= 0.6 is 12.4 Å². The molecule has 1 aromatic rings. The molecule has 0 saturated carbocycles. The normalized spacial score (nSPS) is 16.0. The molecule has 2 amide bonds. The third-order valence-corrected chi connectivity index (χ3v) is 4.76. The lowest BCUT2D eigenvalue weighted by molar-refractivity contribution is -0.135. The minimum atomic E-state index is 0. The van der Waals surface area contributed by atoms with Crippen molar-refractivity contribution in [2.45, 2.75) is 38.6 Å². The van der Waals surface area contributed by atoms with Crippen LogP contribution in [0.2, 0.25) is 0 Å². The maximum atomic E-state index is 12.3. The summed E-state index contributed by atoms with van der Waals surface area (Å²) in [5, 5.41) is 6.09. The zero-order valence-electron chi connectivity index (χ0n) is 15.2. The molecule has 1 saturated heterocycles. The summed E-state index contributed by atoms with van der Waals surface area (Å²) in [6, 6.07) is 10.4. The third-order valence-electron chi connectivity index (χ3n) is 4.76. The molecular formula is C19H30ClN3O2. The number of amides is 2. The number of likely N-dealkylation sites (tertiary alicyclic amines) is 1. The van der Waals surface area contributed by atoms with E-state index < -0.39 is 0 Å². The van der Waals surface area contributed by atoms with Gasteiger partial charge in [0.25, 0.3) is 0 Å². The maximum absolute atomic E-state index is 12.3. The molecule has 1 aromatic carbocycles. The van der Waals surface area contributed by atoms with Crippen molar-refractivity contribution in [3.05, 3.63) is 35.9 Å². The van der Waals surface area contributed by atoms with Crippen molar-refractivity contribution in [1.29, 1.82) is 0 Å². The number of hydrogen-bond acceptors (Lipinski definition) is 3. The highest BCUT2D eigenvalue weighted by Crippen LogP contribution is 2.18. The van der Waals surface area contributed by atoms with Gasteiger partial charge in [-0.3, -0.25) is 9.59 Å². The molecule has 1 aliphatic rings. The number of benzene rings is 1. The first-order chi connectivity index (χ1) is 11.6. The Bertz CT molecular complexity index is 531. The van der Waals surface area contributed by atoms with Crippen molar-refractivity contribution < 1.29 is 9.59 Å². The first kappa shape index (κ1) is 21.5. The van der Waals surface area contributed by atoms with Gasteiger partial charge in [0.05, 0.1) is 0 Å². The van der Waals surface area contributed by atoms with E-state index in [-0.39, 0.29) is 36.2 Å². The quantitative estimate of drug-likeness (QED) is 0.774. The van der Waals surface area contributed by atoms with Gasteiger partial charge >= 0.3 is 0 Å². The van der Waals surface area contributed by atoms with Crippen molar-refractivity contribution >= 4 is 24.2 Å². The van der Waals surface area contributed by atoms with E-state index in [2.05, 4.69) is 22.8 Å². The Morgan fingerprint density at radius 1 is 1.20 bits per heavy atom. The SMILES string of the molecule is CNC(C)CNC(=O)C1CCN(C(=O)CCc2ccccc2)CC1.Cl. The lowest BCUT2D eigenvalue weighted by Gasteiger charge is -2.31. The zero-order chi connectivity index (χ0) is 17.4. The maximum Gasteiger partial charge on any atom is 0.223 e. The van der Waals surface area contributed by atoms with Crippen LogP contribution in [0, 0.1) is 5.92 Å². The molecule has 1 aliphatic heterocycles. The Kier molecular flexibility index (Phi) is 9.53. The van der Waals surface area contributed by atoms with Crippen LogP contribution in [0.3, 0.4) is 0 Å². The Balaban J connectivity index is 0.00000312. The minimum absolute atomic E-state index is 0. The van der Waals surface area contributed by atoms with Gasteiger partial charge in [-0.1, -0.05) is 30.3 Å². The first-order valence-corrected chi connectivity index (χ1v) is 8.87. The van der Waals surface area contributed by atoms with Crippen molar-refractivity contribution in [2.75, 3.05) is 26.7 Å². The number of nitrogens with one attached hydrogen (secondary N) is 2. The van der Waals surface area contributed by atoms with E-state index in [1.807, 2.05) is 37.1 Å². The predicted molar refractivity (Wildman–Crippen MR) is 103 cm³/mol. The zero-order valence-corrected chi connectivity index (χ0v) is 16.0. The fourth-order valence-corrected chi connectivity index (χ4v) is 2.95. The summed E-state index contributed by atoms with van der Waals surface area (Å²) < 4.78 is 0. The Hall–Kier alpha value is -1.59. The Labute approximate surface area is 157 Å². The lowest BCUT2D eigenvalue weighted by atomic mass is 9.95. The van der Waals surface area contributed by atoms with Crippen LogP contribution in [0.25, 0.3) is 0 Å². The molecular weight excluding hydrogens is 338 g/mol. The van der Waals surface area contributed by atoms with Crippen molar-refractivity contribution in [1.82, 2.24) is 15.5 Å². The van der Waals surface area contributed by atoms with Crippen LogP contribution in [0.15, 0.2) is 30.3 Å². The average molecular weight is 368 g/mol. The Morgan fingerprint density at radius 2 is 1.84 bits per heavy atom. The van der Waals surface area contributed by atoms with Crippen LogP contribution in [0.1, 0.15) is 31.7 Å². The topological polar surface area (TPSA) is 61.4 Å². The van der Waals surface area contributed by atoms with E-state index in [0.717, 1.165) is 19.3 Å². The van der Waals surface area contributed by atoms with Gasteiger partial charge in [-0.25, -0.2) is 0 Å². The second-order valence-electron chi connectivity index (χ2n) is 6.58. The van der Waals surface area contributed by atoms with Gasteiger partial charge in [0.1, 0.15) is 0 Å². The van der Waals surface area contributed by atoms with Gasteiger partial charge in [0, 0.05) is 38.0 Å². The van der Waals surface area contributed by atoms with Crippen molar-refractivity contribution in [3.63, 3.8) is 0 Å². The number of hydrogen-bond donors (Lipinski definition) is 2. The monoisotopic (exact) mass is 367 g/mol. The molecule has 1 heterocycles. The molecule has 1 unspecified atom stereocenters. The molecule has 5 nitrogen and oxygen atoms in total. The highest BCUT2D eigenvalue weighted by Gasteiger charge is 2.27. The molecule has 1 fully saturated rings. The standard InChI is InChI=1S/C19H29N3O2.ClH/c1-15(20-2)14-21-19(24)17-10-12-22(13-11-17)18(23)9-8-16-6-4-3-5-7-16;/h3-7,15,17,20H,8-14H2,1-2H3,(H,21,24);1H. The van der Waals surface area contributed by atoms with Crippen LogP contribution in [-0.2, 0) is 16.0 Å². The molecule has 2 N–H and O–H groups in total. The summed E-state index contributed by atoms with van der Waals surface area (Å²) >= 11 is 0. The molecule has 6 heteroatoms. The van der Waals surface area contributed by atoms with Gasteiger partial charge in [-0.2, -0.15) is 0 Å². The molecule has 0 bridgehead atoms. The first-order valence-electron chi connectivity index (χ1n) is 8.87. The minimum Gasteiger partial charge on any atom is -0.354 e. The number of nitrogens with zero attached hydrogens (tertiary/aromatic N) is 1. The van der Waals surface area contributed by atoms with E-state index in [4.69, 9.17) is 0 Å². The van der Waals surface area contributed by atoms with E-state index in [1.165, 1.54) is 5.56 Å². The second-order valence-corrected chi connectivity index (χ2v) is 6.58. The average Bonchev–Trinajstić information content (AvgIpc) is 2.64. The van der Waals surface area contributed by atoms with Crippen LogP contribution in [-0.4, -0.2) is 49.4 Å². The lowest BCUT2D eigenvalue weighted by Crippen LogP contribution is -2.45. The van der Waals surface area contributed by atoms with Crippen molar-refractivity contribution in [2.24, 2.45) is 5.92 Å². The van der Waals surface area contributed by atoms with E-state index >= 15 is 0 Å². The fourth-order valence-electron chi connectivity index (χ4n) is 2.95. The van der Waals surface area contributed by atoms with Gasteiger partial charge < -0.3 is 15.5 Å². The summed E-state index contributed by atoms with van der Waals surface area (Å²) in [4.78, 5) is 26.4.